The van der Waals surface area contributed by atoms with E-state index in [0.29, 0.717) is 29.2 Å². The van der Waals surface area contributed by atoms with Gasteiger partial charge in [-0.3, -0.25) is 9.48 Å². The molecule has 2 aromatic heterocycles. The lowest BCUT2D eigenvalue weighted by atomic mass is 10.0. The van der Waals surface area contributed by atoms with Gasteiger partial charge < -0.3 is 15.4 Å². The smallest absolute Gasteiger partial charge is 0.408 e. The molecule has 2 N–H and O–H groups in total. The van der Waals surface area contributed by atoms with E-state index in [1.54, 1.807) is 17.9 Å². The maximum absolute atomic E-state index is 12.5. The highest BCUT2D eigenvalue weighted by atomic mass is 16.6. The van der Waals surface area contributed by atoms with Crippen molar-refractivity contribution in [1.82, 2.24) is 20.1 Å². The van der Waals surface area contributed by atoms with Crippen LogP contribution in [0.2, 0.25) is 0 Å². The molecule has 2 atom stereocenters. The summed E-state index contributed by atoms with van der Waals surface area (Å²) in [5.41, 5.74) is 2.06. The van der Waals surface area contributed by atoms with Crippen LogP contribution >= 0.6 is 0 Å². The molecule has 0 spiro atoms. The van der Waals surface area contributed by atoms with Crippen molar-refractivity contribution in [3.8, 4) is 11.4 Å². The van der Waals surface area contributed by atoms with E-state index in [9.17, 15) is 9.59 Å². The molecule has 8 nitrogen and oxygen atoms in total. The highest BCUT2D eigenvalue weighted by Gasteiger charge is 2.23. The average Bonchev–Trinajstić information content (AvgIpc) is 2.98. The standard InChI is InChI=1S/C21H27N5O3/c1-13-8-6-9-15(25-20(28)29-21(2,3)4)14-10-7-11-16(23-14)18-17(24-19(13)27)12-22-26(18)5/h6-8,10-13,15H,9H2,1-5H3,(H,24,27)(H,25,28)/b8-6-/t13-,15+/m1/s1. The third-order valence-corrected chi connectivity index (χ3v) is 4.47. The summed E-state index contributed by atoms with van der Waals surface area (Å²) in [6, 6.07) is 5.19. The SMILES string of the molecule is C[C@@H]1/C=C\C[C@H](NC(=O)OC(C)(C)C)c2cccc(n2)-c2c(cnn2C)NC1=O. The van der Waals surface area contributed by atoms with Crippen molar-refractivity contribution in [1.29, 1.82) is 0 Å². The lowest BCUT2D eigenvalue weighted by molar-refractivity contribution is -0.118. The number of anilines is 1. The molecule has 0 radical (unpaired) electrons. The number of aromatic nitrogens is 3. The molecule has 154 valence electrons. The van der Waals surface area contributed by atoms with Gasteiger partial charge in [-0.05, 0) is 39.3 Å². The molecule has 0 fully saturated rings. The van der Waals surface area contributed by atoms with Crippen molar-refractivity contribution in [2.24, 2.45) is 13.0 Å². The molecule has 2 aromatic rings. The molecular formula is C21H27N5O3. The molecule has 1 aliphatic rings. The normalized spacial score (nSPS) is 20.5. The molecule has 2 bridgehead atoms. The number of aryl methyl sites for hydroxylation is 1. The van der Waals surface area contributed by atoms with Gasteiger partial charge in [-0.15, -0.1) is 0 Å². The van der Waals surface area contributed by atoms with E-state index in [4.69, 9.17) is 9.72 Å². The number of ether oxygens (including phenoxy) is 1. The van der Waals surface area contributed by atoms with Crippen molar-refractivity contribution in [3.63, 3.8) is 0 Å². The topological polar surface area (TPSA) is 98.1 Å². The molecule has 0 saturated heterocycles. The summed E-state index contributed by atoms with van der Waals surface area (Å²) < 4.78 is 7.08. The van der Waals surface area contributed by atoms with E-state index in [2.05, 4.69) is 15.7 Å². The van der Waals surface area contributed by atoms with Crippen molar-refractivity contribution in [2.75, 3.05) is 5.32 Å². The Morgan fingerprint density at radius 3 is 2.83 bits per heavy atom. The highest BCUT2D eigenvalue weighted by molar-refractivity contribution is 5.96. The third kappa shape index (κ3) is 5.01. The van der Waals surface area contributed by atoms with E-state index in [1.165, 1.54) is 0 Å². The maximum Gasteiger partial charge on any atom is 0.408 e. The van der Waals surface area contributed by atoms with Crippen LogP contribution < -0.4 is 10.6 Å². The molecule has 0 unspecified atom stereocenters. The van der Waals surface area contributed by atoms with Crippen LogP contribution in [0.1, 0.15) is 45.9 Å². The Morgan fingerprint density at radius 1 is 1.34 bits per heavy atom. The molecule has 0 saturated carbocycles. The first-order valence-electron chi connectivity index (χ1n) is 9.60. The minimum atomic E-state index is -0.600. The second-order valence-corrected chi connectivity index (χ2v) is 8.12. The molecule has 3 heterocycles. The van der Waals surface area contributed by atoms with Gasteiger partial charge in [0.15, 0.2) is 0 Å². The van der Waals surface area contributed by atoms with E-state index in [1.807, 2.05) is 58.0 Å². The molecule has 0 aliphatic carbocycles. The van der Waals surface area contributed by atoms with Gasteiger partial charge in [0.2, 0.25) is 5.91 Å². The molecule has 0 aromatic carbocycles. The van der Waals surface area contributed by atoms with Crippen LogP contribution in [0.5, 0.6) is 0 Å². The molecule has 3 rings (SSSR count). The number of nitrogens with one attached hydrogen (secondary N) is 2. The average molecular weight is 397 g/mol. The van der Waals surface area contributed by atoms with Crippen LogP contribution in [-0.4, -0.2) is 32.4 Å². The second-order valence-electron chi connectivity index (χ2n) is 8.12. The fourth-order valence-electron chi connectivity index (χ4n) is 3.07. The number of pyridine rings is 1. The Kier molecular flexibility index (Phi) is 5.72. The number of hydrogen-bond acceptors (Lipinski definition) is 5. The Bertz CT molecular complexity index is 942. The second kappa shape index (κ2) is 8.06. The maximum atomic E-state index is 12.5. The zero-order valence-electron chi connectivity index (χ0n) is 17.4. The Hall–Kier alpha value is -3.16. The number of carbonyl (C=O) groups is 2. The zero-order valence-corrected chi connectivity index (χ0v) is 17.4. The van der Waals surface area contributed by atoms with Crippen LogP contribution in [-0.2, 0) is 16.6 Å². The van der Waals surface area contributed by atoms with Crippen molar-refractivity contribution in [2.45, 2.75) is 45.8 Å². The van der Waals surface area contributed by atoms with Crippen LogP contribution in [0.3, 0.4) is 0 Å². The number of carbonyl (C=O) groups excluding carboxylic acids is 2. The quantitative estimate of drug-likeness (QED) is 0.717. The Morgan fingerprint density at radius 2 is 2.10 bits per heavy atom. The van der Waals surface area contributed by atoms with Crippen molar-refractivity contribution in [3.05, 3.63) is 42.2 Å². The number of amides is 2. The largest absolute Gasteiger partial charge is 0.444 e. The fourth-order valence-corrected chi connectivity index (χ4v) is 3.07. The summed E-state index contributed by atoms with van der Waals surface area (Å²) in [6.45, 7) is 7.27. The van der Waals surface area contributed by atoms with E-state index in [-0.39, 0.29) is 11.8 Å². The van der Waals surface area contributed by atoms with Crippen molar-refractivity contribution >= 4 is 17.7 Å². The Balaban J connectivity index is 2.02. The van der Waals surface area contributed by atoms with Gasteiger partial charge in [0.05, 0.1) is 35.2 Å². The summed E-state index contributed by atoms with van der Waals surface area (Å²) in [5, 5.41) is 10.1. The van der Waals surface area contributed by atoms with Gasteiger partial charge in [-0.25, -0.2) is 9.78 Å². The number of rotatable bonds is 1. The zero-order chi connectivity index (χ0) is 21.2. The van der Waals surface area contributed by atoms with E-state index < -0.39 is 17.7 Å². The number of alkyl carbamates (subject to hydrolysis) is 1. The fraction of sp³-hybridized carbons (Fsp3) is 0.429. The number of nitrogens with zero attached hydrogens (tertiary/aromatic N) is 3. The molecule has 2 amide bonds. The van der Waals surface area contributed by atoms with E-state index >= 15 is 0 Å². The van der Waals surface area contributed by atoms with Gasteiger partial charge >= 0.3 is 6.09 Å². The predicted octanol–water partition coefficient (Wildman–Crippen LogP) is 3.58. The minimum absolute atomic E-state index is 0.135. The summed E-state index contributed by atoms with van der Waals surface area (Å²) in [7, 11) is 1.80. The van der Waals surface area contributed by atoms with Crippen LogP contribution in [0.15, 0.2) is 36.5 Å². The summed E-state index contributed by atoms with van der Waals surface area (Å²) in [4.78, 5) is 29.6. The van der Waals surface area contributed by atoms with Gasteiger partial charge in [0, 0.05) is 7.05 Å². The van der Waals surface area contributed by atoms with Crippen LogP contribution in [0.4, 0.5) is 10.5 Å². The summed E-state index contributed by atoms with van der Waals surface area (Å²) in [6.07, 6.45) is 5.28. The van der Waals surface area contributed by atoms with Gasteiger partial charge in [-0.1, -0.05) is 25.1 Å². The van der Waals surface area contributed by atoms with Gasteiger partial charge in [0.25, 0.3) is 0 Å². The molecular weight excluding hydrogens is 370 g/mol. The lowest BCUT2D eigenvalue weighted by Gasteiger charge is -2.23. The van der Waals surface area contributed by atoms with Crippen molar-refractivity contribution < 1.29 is 14.3 Å². The number of hydrogen-bond donors (Lipinski definition) is 2. The van der Waals surface area contributed by atoms with Crippen LogP contribution in [0.25, 0.3) is 11.4 Å². The molecule has 29 heavy (non-hydrogen) atoms. The molecule has 1 aliphatic heterocycles. The lowest BCUT2D eigenvalue weighted by Crippen LogP contribution is -2.35. The van der Waals surface area contributed by atoms with E-state index in [0.717, 1.165) is 0 Å². The first kappa shape index (κ1) is 20.6. The monoisotopic (exact) mass is 397 g/mol. The van der Waals surface area contributed by atoms with Crippen LogP contribution in [0, 0.1) is 5.92 Å². The number of fused-ring (bicyclic) bond motifs is 4. The van der Waals surface area contributed by atoms with Gasteiger partial charge in [-0.2, -0.15) is 5.10 Å². The highest BCUT2D eigenvalue weighted by Crippen LogP contribution is 2.29. The summed E-state index contributed by atoms with van der Waals surface area (Å²) in [5.74, 6) is -0.472. The third-order valence-electron chi connectivity index (χ3n) is 4.47. The predicted molar refractivity (Wildman–Crippen MR) is 110 cm³/mol. The van der Waals surface area contributed by atoms with Gasteiger partial charge in [0.1, 0.15) is 11.3 Å². The first-order valence-corrected chi connectivity index (χ1v) is 9.60. The first-order chi connectivity index (χ1) is 13.6. The summed E-state index contributed by atoms with van der Waals surface area (Å²) >= 11 is 0. The minimum Gasteiger partial charge on any atom is -0.444 e. The Labute approximate surface area is 170 Å². The molecule has 8 heteroatoms.